The summed E-state index contributed by atoms with van der Waals surface area (Å²) in [7, 11) is 4.17. The number of hydrogen-bond donors (Lipinski definition) is 1. The van der Waals surface area contributed by atoms with E-state index in [0.717, 1.165) is 42.3 Å². The molecule has 6 rings (SSSR count). The maximum Gasteiger partial charge on any atom is 0.227 e. The monoisotopic (exact) mass is 500 g/mol. The summed E-state index contributed by atoms with van der Waals surface area (Å²) in [6, 6.07) is 26.9. The van der Waals surface area contributed by atoms with Crippen molar-refractivity contribution in [2.45, 2.75) is 25.7 Å². The third-order valence-corrected chi connectivity index (χ3v) is 7.74. The molecule has 38 heavy (non-hydrogen) atoms. The molecular weight excluding hydrogens is 468 g/mol. The van der Waals surface area contributed by atoms with Crippen LogP contribution in [0.15, 0.2) is 97.5 Å². The fourth-order valence-electron chi connectivity index (χ4n) is 5.76. The molecule has 0 spiro atoms. The van der Waals surface area contributed by atoms with Crippen LogP contribution in [0.4, 0.5) is 5.69 Å². The summed E-state index contributed by atoms with van der Waals surface area (Å²) in [5.74, 6) is -0.0736. The highest BCUT2D eigenvalue weighted by Gasteiger charge is 2.21. The van der Waals surface area contributed by atoms with Crippen LogP contribution in [0.25, 0.3) is 32.7 Å². The number of carbonyl (C=O) groups excluding carboxylic acids is 1. The Morgan fingerprint density at radius 2 is 1.34 bits per heavy atom. The first-order chi connectivity index (χ1) is 18.6. The number of nitrogens with zero attached hydrogens (tertiary/aromatic N) is 3. The average molecular weight is 501 g/mol. The average Bonchev–Trinajstić information content (AvgIpc) is 3.45. The van der Waals surface area contributed by atoms with Crippen LogP contribution < -0.4 is 5.32 Å². The van der Waals surface area contributed by atoms with Gasteiger partial charge in [-0.15, -0.1) is 0 Å². The predicted octanol–water partition coefficient (Wildman–Crippen LogP) is 7.04. The van der Waals surface area contributed by atoms with Crippen molar-refractivity contribution in [1.82, 2.24) is 14.1 Å². The van der Waals surface area contributed by atoms with E-state index in [2.05, 4.69) is 94.5 Å². The molecule has 190 valence electrons. The van der Waals surface area contributed by atoms with Gasteiger partial charge in [0.05, 0.1) is 11.2 Å². The van der Waals surface area contributed by atoms with Crippen LogP contribution in [0.3, 0.4) is 0 Å². The molecule has 0 bridgehead atoms. The molecule has 1 amide bonds. The van der Waals surface area contributed by atoms with Crippen LogP contribution >= 0.6 is 0 Å². The molecule has 3 heterocycles. The van der Waals surface area contributed by atoms with Crippen LogP contribution in [-0.4, -0.2) is 20.0 Å². The lowest BCUT2D eigenvalue weighted by Gasteiger charge is -2.17. The lowest BCUT2D eigenvalue weighted by atomic mass is 9.92. The molecule has 0 saturated heterocycles. The first-order valence-corrected chi connectivity index (χ1v) is 13.3. The van der Waals surface area contributed by atoms with Gasteiger partial charge in [0.1, 0.15) is 0 Å². The van der Waals surface area contributed by atoms with Crippen LogP contribution in [0, 0.1) is 5.92 Å². The van der Waals surface area contributed by atoms with E-state index in [-0.39, 0.29) is 11.8 Å². The maximum absolute atomic E-state index is 13.8. The highest BCUT2D eigenvalue weighted by atomic mass is 16.1. The van der Waals surface area contributed by atoms with Crippen LogP contribution in [0.2, 0.25) is 0 Å². The van der Waals surface area contributed by atoms with Gasteiger partial charge in [0.15, 0.2) is 0 Å². The topological polar surface area (TPSA) is 51.9 Å². The molecule has 0 radical (unpaired) electrons. The van der Waals surface area contributed by atoms with Gasteiger partial charge in [0.2, 0.25) is 5.91 Å². The highest BCUT2D eigenvalue weighted by molar-refractivity contribution is 6.01. The molecule has 5 heteroatoms. The van der Waals surface area contributed by atoms with Crippen molar-refractivity contribution < 1.29 is 4.79 Å². The summed E-state index contributed by atoms with van der Waals surface area (Å²) in [4.78, 5) is 18.3. The summed E-state index contributed by atoms with van der Waals surface area (Å²) >= 11 is 0. The summed E-state index contributed by atoms with van der Waals surface area (Å²) < 4.78 is 4.36. The number of aryl methyl sites for hydroxylation is 4. The van der Waals surface area contributed by atoms with Gasteiger partial charge in [0.25, 0.3) is 0 Å². The summed E-state index contributed by atoms with van der Waals surface area (Å²) in [6.07, 6.45) is 9.45. The molecule has 0 atom stereocenters. The van der Waals surface area contributed by atoms with E-state index in [0.29, 0.717) is 0 Å². The number of anilines is 1. The van der Waals surface area contributed by atoms with Crippen molar-refractivity contribution in [3.8, 4) is 0 Å². The number of pyridine rings is 1. The number of rotatable bonds is 8. The van der Waals surface area contributed by atoms with E-state index < -0.39 is 0 Å². The zero-order chi connectivity index (χ0) is 26.1. The van der Waals surface area contributed by atoms with Crippen molar-refractivity contribution in [1.29, 1.82) is 0 Å². The lowest BCUT2D eigenvalue weighted by Crippen LogP contribution is -2.24. The Hall–Kier alpha value is -4.38. The molecular formula is C33H32N4O. The van der Waals surface area contributed by atoms with Gasteiger partial charge < -0.3 is 14.5 Å². The van der Waals surface area contributed by atoms with Gasteiger partial charge in [-0.1, -0.05) is 54.6 Å². The fourth-order valence-corrected chi connectivity index (χ4v) is 5.76. The molecule has 1 N–H and O–H groups in total. The van der Waals surface area contributed by atoms with Crippen molar-refractivity contribution >= 4 is 44.3 Å². The lowest BCUT2D eigenvalue weighted by molar-refractivity contribution is -0.120. The maximum atomic E-state index is 13.8. The van der Waals surface area contributed by atoms with E-state index in [1.54, 1.807) is 6.20 Å². The quantitative estimate of drug-likeness (QED) is 0.244. The number of fused-ring (bicyclic) bond motifs is 3. The molecule has 5 nitrogen and oxygen atoms in total. The van der Waals surface area contributed by atoms with E-state index >= 15 is 0 Å². The number of aromatic nitrogens is 3. The van der Waals surface area contributed by atoms with Crippen LogP contribution in [-0.2, 0) is 31.7 Å². The minimum Gasteiger partial charge on any atom is -0.350 e. The Morgan fingerprint density at radius 3 is 1.97 bits per heavy atom. The number of hydrogen-bond acceptors (Lipinski definition) is 2. The minimum atomic E-state index is -0.132. The third kappa shape index (κ3) is 4.56. The zero-order valence-electron chi connectivity index (χ0n) is 21.9. The molecule has 0 unspecified atom stereocenters. The van der Waals surface area contributed by atoms with Gasteiger partial charge in [0, 0.05) is 65.8 Å². The normalized spacial score (nSPS) is 11.7. The van der Waals surface area contributed by atoms with Crippen molar-refractivity contribution in [3.05, 3.63) is 109 Å². The third-order valence-electron chi connectivity index (χ3n) is 7.74. The second-order valence-electron chi connectivity index (χ2n) is 10.2. The van der Waals surface area contributed by atoms with E-state index in [4.69, 9.17) is 0 Å². The van der Waals surface area contributed by atoms with E-state index in [1.807, 2.05) is 30.3 Å². The fraction of sp³-hybridized carbons (Fsp3) is 0.212. The number of amides is 1. The molecule has 0 saturated carbocycles. The predicted molar refractivity (Wildman–Crippen MR) is 156 cm³/mol. The molecule has 6 aromatic rings. The summed E-state index contributed by atoms with van der Waals surface area (Å²) in [5, 5.41) is 6.78. The van der Waals surface area contributed by atoms with Crippen LogP contribution in [0.5, 0.6) is 0 Å². The molecule has 0 fully saturated rings. The largest absolute Gasteiger partial charge is 0.350 e. The van der Waals surface area contributed by atoms with E-state index in [9.17, 15) is 4.79 Å². The first kappa shape index (κ1) is 24.0. The Morgan fingerprint density at radius 1 is 0.763 bits per heavy atom. The highest BCUT2D eigenvalue weighted by Crippen LogP contribution is 2.28. The smallest absolute Gasteiger partial charge is 0.227 e. The summed E-state index contributed by atoms with van der Waals surface area (Å²) in [5.41, 5.74) is 6.62. The van der Waals surface area contributed by atoms with Gasteiger partial charge in [-0.2, -0.15) is 0 Å². The molecule has 0 aliphatic heterocycles. The SMILES string of the molecule is Cn1cc(CCC(CCc2cn(C)c3ccccc23)C(=O)Nc2cccc3cccnc23)c2ccccc21. The zero-order valence-corrected chi connectivity index (χ0v) is 21.9. The number of carbonyl (C=O) groups is 1. The van der Waals surface area contributed by atoms with Crippen molar-refractivity contribution in [3.63, 3.8) is 0 Å². The Bertz CT molecular complexity index is 1670. The number of para-hydroxylation sites is 3. The van der Waals surface area contributed by atoms with Gasteiger partial charge in [-0.25, -0.2) is 0 Å². The van der Waals surface area contributed by atoms with Gasteiger partial charge >= 0.3 is 0 Å². The Kier molecular flexibility index (Phi) is 6.42. The molecule has 0 aliphatic carbocycles. The van der Waals surface area contributed by atoms with Crippen molar-refractivity contribution in [2.75, 3.05) is 5.32 Å². The van der Waals surface area contributed by atoms with Crippen LogP contribution in [0.1, 0.15) is 24.0 Å². The standard InChI is InChI=1S/C33H32N4O/c1-36-21-25(27-11-3-5-14-30(27)36)18-16-24(17-19-26-22-37(2)31-15-6-4-12-28(26)31)33(38)35-29-13-7-9-23-10-8-20-34-32(23)29/h3-15,20-22,24H,16-19H2,1-2H3,(H,35,38). The summed E-state index contributed by atoms with van der Waals surface area (Å²) in [6.45, 7) is 0. The number of benzene rings is 3. The molecule has 0 aliphatic rings. The minimum absolute atomic E-state index is 0.0589. The second-order valence-corrected chi connectivity index (χ2v) is 10.2. The second kappa shape index (κ2) is 10.2. The van der Waals surface area contributed by atoms with Gasteiger partial charge in [-0.3, -0.25) is 9.78 Å². The Balaban J connectivity index is 1.27. The Labute approximate surface area is 222 Å². The molecule has 3 aromatic heterocycles. The van der Waals surface area contributed by atoms with Crippen molar-refractivity contribution in [2.24, 2.45) is 20.0 Å². The van der Waals surface area contributed by atoms with E-state index in [1.165, 1.54) is 32.9 Å². The number of nitrogens with one attached hydrogen (secondary N) is 1. The first-order valence-electron chi connectivity index (χ1n) is 13.3. The van der Waals surface area contributed by atoms with Gasteiger partial charge in [-0.05, 0) is 61.1 Å². The molecule has 3 aromatic carbocycles.